The molecule has 0 atom stereocenters. The first-order valence-electron chi connectivity index (χ1n) is 14.2. The van der Waals surface area contributed by atoms with Crippen LogP contribution in [-0.2, 0) is 19.1 Å². The summed E-state index contributed by atoms with van der Waals surface area (Å²) in [6.45, 7) is 12.9. The lowest BCUT2D eigenvalue weighted by Gasteiger charge is -2.09. The van der Waals surface area contributed by atoms with Crippen molar-refractivity contribution < 1.29 is 19.1 Å². The van der Waals surface area contributed by atoms with Crippen LogP contribution in [0.1, 0.15) is 142 Å². The molecule has 0 saturated carbocycles. The molecule has 4 heteroatoms. The van der Waals surface area contributed by atoms with Crippen LogP contribution in [0.25, 0.3) is 0 Å². The second kappa shape index (κ2) is 24.5. The quantitative estimate of drug-likeness (QED) is 0.0746. The highest BCUT2D eigenvalue weighted by molar-refractivity contribution is 5.88. The highest BCUT2D eigenvalue weighted by Gasteiger charge is 2.10. The molecule has 0 aliphatic carbocycles. The summed E-state index contributed by atoms with van der Waals surface area (Å²) in [6.07, 6.45) is 22.6. The standard InChI is InChI=1S/C30H54O4/c1-5-7-9-11-13-15-17-19-23-27(3)29(31)33-25-21-22-26-34-30(32)28(4)24-20-18-16-14-12-10-8-6-2/h3-26H2,1-2H3. The average Bonchev–Trinajstić information content (AvgIpc) is 2.83. The minimum absolute atomic E-state index is 0.293. The average molecular weight is 479 g/mol. The van der Waals surface area contributed by atoms with Gasteiger partial charge in [-0.2, -0.15) is 0 Å². The number of ether oxygens (including phenoxy) is 2. The zero-order valence-corrected chi connectivity index (χ0v) is 22.6. The van der Waals surface area contributed by atoms with Gasteiger partial charge in [0.2, 0.25) is 0 Å². The van der Waals surface area contributed by atoms with Crippen molar-refractivity contribution >= 4 is 11.9 Å². The Balaban J connectivity index is 3.56. The molecular formula is C30H54O4. The van der Waals surface area contributed by atoms with Gasteiger partial charge in [-0.3, -0.25) is 0 Å². The van der Waals surface area contributed by atoms with Crippen LogP contribution in [0.4, 0.5) is 0 Å². The normalized spacial score (nSPS) is 10.8. The molecular weight excluding hydrogens is 424 g/mol. The highest BCUT2D eigenvalue weighted by atomic mass is 16.5. The summed E-state index contributed by atoms with van der Waals surface area (Å²) in [7, 11) is 0. The van der Waals surface area contributed by atoms with Crippen LogP contribution >= 0.6 is 0 Å². The van der Waals surface area contributed by atoms with Crippen LogP contribution in [0.15, 0.2) is 24.3 Å². The highest BCUT2D eigenvalue weighted by Crippen LogP contribution is 2.14. The van der Waals surface area contributed by atoms with Crippen molar-refractivity contribution in [3.8, 4) is 0 Å². The maximum absolute atomic E-state index is 12.0. The van der Waals surface area contributed by atoms with Crippen molar-refractivity contribution in [3.63, 3.8) is 0 Å². The van der Waals surface area contributed by atoms with E-state index in [1.54, 1.807) is 0 Å². The Hall–Kier alpha value is -1.58. The van der Waals surface area contributed by atoms with Crippen molar-refractivity contribution in [2.24, 2.45) is 0 Å². The van der Waals surface area contributed by atoms with Gasteiger partial charge in [0.05, 0.1) is 13.2 Å². The van der Waals surface area contributed by atoms with Gasteiger partial charge < -0.3 is 9.47 Å². The Labute approximate surface area is 210 Å². The van der Waals surface area contributed by atoms with Crippen LogP contribution < -0.4 is 0 Å². The molecule has 0 radical (unpaired) electrons. The second-order valence-corrected chi connectivity index (χ2v) is 9.64. The number of hydrogen-bond donors (Lipinski definition) is 0. The minimum atomic E-state index is -0.293. The zero-order valence-electron chi connectivity index (χ0n) is 22.6. The molecule has 0 aromatic carbocycles. The molecule has 0 heterocycles. The maximum atomic E-state index is 12.0. The molecule has 0 N–H and O–H groups in total. The largest absolute Gasteiger partial charge is 0.462 e. The van der Waals surface area contributed by atoms with E-state index in [9.17, 15) is 9.59 Å². The summed E-state index contributed by atoms with van der Waals surface area (Å²) in [5, 5.41) is 0. The molecule has 0 amide bonds. The van der Waals surface area contributed by atoms with Crippen LogP contribution in [0.3, 0.4) is 0 Å². The Morgan fingerprint density at radius 1 is 0.471 bits per heavy atom. The molecule has 34 heavy (non-hydrogen) atoms. The fourth-order valence-corrected chi connectivity index (χ4v) is 3.89. The Kier molecular flexibility index (Phi) is 23.4. The van der Waals surface area contributed by atoms with Gasteiger partial charge in [0, 0.05) is 11.1 Å². The summed E-state index contributed by atoms with van der Waals surface area (Å²) in [5.74, 6) is -0.586. The lowest BCUT2D eigenvalue weighted by Crippen LogP contribution is -2.11. The van der Waals surface area contributed by atoms with Crippen LogP contribution in [-0.4, -0.2) is 25.2 Å². The number of unbranched alkanes of at least 4 members (excludes halogenated alkanes) is 15. The number of rotatable bonds is 25. The molecule has 0 aromatic heterocycles. The van der Waals surface area contributed by atoms with Crippen molar-refractivity contribution in [2.75, 3.05) is 13.2 Å². The summed E-state index contributed by atoms with van der Waals surface area (Å²) < 4.78 is 10.6. The fourth-order valence-electron chi connectivity index (χ4n) is 3.89. The van der Waals surface area contributed by atoms with Gasteiger partial charge in [-0.25, -0.2) is 9.59 Å². The molecule has 0 aliphatic heterocycles. The van der Waals surface area contributed by atoms with E-state index in [4.69, 9.17) is 9.47 Å². The SMILES string of the molecule is C=C(CCCCCCCCCC)C(=O)OCCCCOC(=O)C(=C)CCCCCCCCCC. The summed E-state index contributed by atoms with van der Waals surface area (Å²) in [4.78, 5) is 24.0. The summed E-state index contributed by atoms with van der Waals surface area (Å²) in [6, 6.07) is 0. The Bertz CT molecular complexity index is 490. The van der Waals surface area contributed by atoms with Crippen LogP contribution in [0.2, 0.25) is 0 Å². The van der Waals surface area contributed by atoms with Gasteiger partial charge in [-0.1, -0.05) is 117 Å². The third-order valence-electron chi connectivity index (χ3n) is 6.25. The van der Waals surface area contributed by atoms with Gasteiger partial charge in [0.15, 0.2) is 0 Å². The maximum Gasteiger partial charge on any atom is 0.333 e. The van der Waals surface area contributed by atoms with E-state index in [-0.39, 0.29) is 11.9 Å². The van der Waals surface area contributed by atoms with Gasteiger partial charge >= 0.3 is 11.9 Å². The van der Waals surface area contributed by atoms with Crippen molar-refractivity contribution in [2.45, 2.75) is 142 Å². The van der Waals surface area contributed by atoms with E-state index in [2.05, 4.69) is 27.0 Å². The number of carbonyl (C=O) groups excluding carboxylic acids is 2. The molecule has 0 unspecified atom stereocenters. The molecule has 0 rings (SSSR count). The second-order valence-electron chi connectivity index (χ2n) is 9.64. The molecule has 0 spiro atoms. The third kappa shape index (κ3) is 21.0. The fraction of sp³-hybridized carbons (Fsp3) is 0.800. The van der Waals surface area contributed by atoms with Gasteiger partial charge in [-0.05, 0) is 38.5 Å². The summed E-state index contributed by atoms with van der Waals surface area (Å²) in [5.41, 5.74) is 1.13. The van der Waals surface area contributed by atoms with E-state index in [0.29, 0.717) is 50.0 Å². The van der Waals surface area contributed by atoms with Crippen molar-refractivity contribution in [1.82, 2.24) is 0 Å². The molecule has 0 saturated heterocycles. The molecule has 0 aromatic rings. The monoisotopic (exact) mass is 478 g/mol. The van der Waals surface area contributed by atoms with E-state index < -0.39 is 0 Å². The van der Waals surface area contributed by atoms with E-state index in [1.165, 1.54) is 77.0 Å². The number of hydrogen-bond acceptors (Lipinski definition) is 4. The topological polar surface area (TPSA) is 52.6 Å². The van der Waals surface area contributed by atoms with Crippen molar-refractivity contribution in [1.29, 1.82) is 0 Å². The predicted octanol–water partition coefficient (Wildman–Crippen LogP) is 9.03. The van der Waals surface area contributed by atoms with E-state index in [1.807, 2.05) is 0 Å². The van der Waals surface area contributed by atoms with Crippen LogP contribution in [0.5, 0.6) is 0 Å². The molecule has 4 nitrogen and oxygen atoms in total. The molecule has 198 valence electrons. The first-order chi connectivity index (χ1) is 16.5. The van der Waals surface area contributed by atoms with Gasteiger partial charge in [0.25, 0.3) is 0 Å². The van der Waals surface area contributed by atoms with Crippen molar-refractivity contribution in [3.05, 3.63) is 24.3 Å². The minimum Gasteiger partial charge on any atom is -0.462 e. The summed E-state index contributed by atoms with van der Waals surface area (Å²) >= 11 is 0. The molecule has 0 aliphatic rings. The zero-order chi connectivity index (χ0) is 25.3. The Morgan fingerprint density at radius 2 is 0.765 bits per heavy atom. The van der Waals surface area contributed by atoms with E-state index in [0.717, 1.165) is 25.7 Å². The first-order valence-corrected chi connectivity index (χ1v) is 14.2. The van der Waals surface area contributed by atoms with Gasteiger partial charge in [-0.15, -0.1) is 0 Å². The van der Waals surface area contributed by atoms with Gasteiger partial charge in [0.1, 0.15) is 0 Å². The molecule has 0 bridgehead atoms. The lowest BCUT2D eigenvalue weighted by atomic mass is 10.1. The number of carbonyl (C=O) groups is 2. The Morgan fingerprint density at radius 3 is 1.09 bits per heavy atom. The lowest BCUT2D eigenvalue weighted by molar-refractivity contribution is -0.141. The van der Waals surface area contributed by atoms with Crippen LogP contribution in [0, 0.1) is 0 Å². The first kappa shape index (κ1) is 32.4. The molecule has 0 fully saturated rings. The predicted molar refractivity (Wildman–Crippen MR) is 144 cm³/mol. The number of esters is 2. The third-order valence-corrected chi connectivity index (χ3v) is 6.25. The van der Waals surface area contributed by atoms with E-state index >= 15 is 0 Å². The smallest absolute Gasteiger partial charge is 0.333 e.